The maximum atomic E-state index is 12.3. The Labute approximate surface area is 155 Å². The zero-order valence-electron chi connectivity index (χ0n) is 15.7. The highest BCUT2D eigenvalue weighted by atomic mass is 16.5. The Hall–Kier alpha value is -2.76. The summed E-state index contributed by atoms with van der Waals surface area (Å²) in [6.45, 7) is 3.89. The predicted molar refractivity (Wildman–Crippen MR) is 103 cm³/mol. The highest BCUT2D eigenvalue weighted by molar-refractivity contribution is 5.94. The highest BCUT2D eigenvalue weighted by Crippen LogP contribution is 2.16. The average Bonchev–Trinajstić information content (AvgIpc) is 2.69. The Morgan fingerprint density at radius 2 is 1.92 bits per heavy atom. The molecule has 1 N–H and O–H groups in total. The number of carbonyl (C=O) groups excluding carboxylic acids is 1. The Morgan fingerprint density at radius 1 is 1.19 bits per heavy atom. The minimum Gasteiger partial charge on any atom is -0.497 e. The second-order valence-corrected chi connectivity index (χ2v) is 5.96. The Balaban J connectivity index is 1.80. The lowest BCUT2D eigenvalue weighted by Gasteiger charge is -2.18. The summed E-state index contributed by atoms with van der Waals surface area (Å²) in [6, 6.07) is 10.9. The van der Waals surface area contributed by atoms with Crippen LogP contribution in [0, 0.1) is 0 Å². The number of nitrogens with one attached hydrogen (secondary N) is 1. The molecule has 1 heterocycles. The topological polar surface area (TPSA) is 63.7 Å². The van der Waals surface area contributed by atoms with Gasteiger partial charge in [0, 0.05) is 25.4 Å². The van der Waals surface area contributed by atoms with Crippen LogP contribution in [0.3, 0.4) is 0 Å². The van der Waals surface area contributed by atoms with E-state index in [-0.39, 0.29) is 5.91 Å². The van der Waals surface area contributed by atoms with Gasteiger partial charge in [0.25, 0.3) is 5.91 Å². The van der Waals surface area contributed by atoms with Gasteiger partial charge in [-0.1, -0.05) is 13.3 Å². The van der Waals surface area contributed by atoms with Crippen molar-refractivity contribution in [2.75, 3.05) is 38.8 Å². The molecule has 6 nitrogen and oxygen atoms in total. The molecular formula is C20H27N3O3. The predicted octanol–water partition coefficient (Wildman–Crippen LogP) is 3.14. The average molecular weight is 357 g/mol. The van der Waals surface area contributed by atoms with Gasteiger partial charge in [0.15, 0.2) is 0 Å². The zero-order chi connectivity index (χ0) is 18.8. The van der Waals surface area contributed by atoms with E-state index in [4.69, 9.17) is 9.47 Å². The maximum absolute atomic E-state index is 12.3. The largest absolute Gasteiger partial charge is 0.497 e. The van der Waals surface area contributed by atoms with Crippen LogP contribution in [0.5, 0.6) is 11.5 Å². The number of pyridine rings is 1. The van der Waals surface area contributed by atoms with E-state index in [1.54, 1.807) is 19.4 Å². The van der Waals surface area contributed by atoms with Gasteiger partial charge in [0.05, 0.1) is 13.7 Å². The van der Waals surface area contributed by atoms with Crippen LogP contribution in [-0.4, -0.2) is 44.7 Å². The number of aromatic nitrogens is 1. The second kappa shape index (κ2) is 10.3. The highest BCUT2D eigenvalue weighted by Gasteiger charge is 2.09. The normalized spacial score (nSPS) is 10.3. The molecule has 0 bridgehead atoms. The van der Waals surface area contributed by atoms with Crippen molar-refractivity contribution >= 4 is 11.7 Å². The van der Waals surface area contributed by atoms with Gasteiger partial charge in [-0.2, -0.15) is 0 Å². The first-order valence-corrected chi connectivity index (χ1v) is 8.86. The molecule has 0 saturated carbocycles. The first kappa shape index (κ1) is 19.6. The molecule has 26 heavy (non-hydrogen) atoms. The summed E-state index contributed by atoms with van der Waals surface area (Å²) in [4.78, 5) is 18.7. The fourth-order valence-corrected chi connectivity index (χ4v) is 2.39. The third-order valence-electron chi connectivity index (χ3n) is 3.96. The molecule has 0 aliphatic carbocycles. The summed E-state index contributed by atoms with van der Waals surface area (Å²) in [6.07, 6.45) is 3.89. The smallest absolute Gasteiger partial charge is 0.251 e. The van der Waals surface area contributed by atoms with Crippen molar-refractivity contribution in [2.45, 2.75) is 19.8 Å². The summed E-state index contributed by atoms with van der Waals surface area (Å²) >= 11 is 0. The van der Waals surface area contributed by atoms with Crippen molar-refractivity contribution < 1.29 is 14.3 Å². The van der Waals surface area contributed by atoms with Crippen LogP contribution in [0.15, 0.2) is 42.6 Å². The molecule has 0 radical (unpaired) electrons. The van der Waals surface area contributed by atoms with Crippen LogP contribution in [0.25, 0.3) is 0 Å². The van der Waals surface area contributed by atoms with Crippen molar-refractivity contribution in [1.82, 2.24) is 10.3 Å². The van der Waals surface area contributed by atoms with Gasteiger partial charge in [-0.3, -0.25) is 4.79 Å². The summed E-state index contributed by atoms with van der Waals surface area (Å²) in [7, 11) is 3.61. The molecule has 0 atom stereocenters. The lowest BCUT2D eigenvalue weighted by Crippen LogP contribution is -2.28. The molecule has 0 aliphatic rings. The third kappa shape index (κ3) is 5.95. The second-order valence-electron chi connectivity index (χ2n) is 5.96. The number of anilines is 1. The minimum atomic E-state index is -0.129. The Morgan fingerprint density at radius 3 is 2.62 bits per heavy atom. The molecular weight excluding hydrogens is 330 g/mol. The number of benzene rings is 1. The number of carbonyl (C=O) groups is 1. The van der Waals surface area contributed by atoms with Crippen molar-refractivity contribution in [3.05, 3.63) is 48.2 Å². The van der Waals surface area contributed by atoms with Gasteiger partial charge >= 0.3 is 0 Å². The number of methoxy groups -OCH3 is 1. The van der Waals surface area contributed by atoms with E-state index in [0.29, 0.717) is 18.7 Å². The van der Waals surface area contributed by atoms with Crippen LogP contribution in [0.4, 0.5) is 5.82 Å². The van der Waals surface area contributed by atoms with E-state index in [0.717, 1.165) is 36.7 Å². The van der Waals surface area contributed by atoms with Crippen molar-refractivity contribution in [3.8, 4) is 11.5 Å². The lowest BCUT2D eigenvalue weighted by atomic mass is 10.2. The van der Waals surface area contributed by atoms with Gasteiger partial charge in [-0.05, 0) is 42.8 Å². The van der Waals surface area contributed by atoms with Gasteiger partial charge in [0.1, 0.15) is 23.9 Å². The van der Waals surface area contributed by atoms with E-state index in [1.165, 1.54) is 0 Å². The Kier molecular flexibility index (Phi) is 7.74. The third-order valence-corrected chi connectivity index (χ3v) is 3.96. The number of nitrogens with zero attached hydrogens (tertiary/aromatic N) is 2. The van der Waals surface area contributed by atoms with Crippen LogP contribution in [-0.2, 0) is 0 Å². The van der Waals surface area contributed by atoms with E-state index in [1.807, 2.05) is 37.4 Å². The molecule has 140 valence electrons. The van der Waals surface area contributed by atoms with Crippen LogP contribution in [0.1, 0.15) is 30.1 Å². The molecule has 1 aromatic carbocycles. The standard InChI is InChI=1S/C20H27N3O3/c1-4-5-13-23(2)19-15-16(10-11-21-19)20(24)22-12-14-26-18-8-6-17(25-3)7-9-18/h6-11,15H,4-5,12-14H2,1-3H3,(H,22,24). The van der Waals surface area contributed by atoms with Gasteiger partial charge in [-0.25, -0.2) is 4.98 Å². The number of hydrogen-bond donors (Lipinski definition) is 1. The first-order valence-electron chi connectivity index (χ1n) is 8.86. The molecule has 0 fully saturated rings. The fraction of sp³-hybridized carbons (Fsp3) is 0.400. The zero-order valence-corrected chi connectivity index (χ0v) is 15.7. The molecule has 0 saturated heterocycles. The maximum Gasteiger partial charge on any atom is 0.251 e. The molecule has 1 aromatic heterocycles. The number of ether oxygens (including phenoxy) is 2. The Bertz CT molecular complexity index is 689. The molecule has 2 aromatic rings. The molecule has 0 unspecified atom stereocenters. The number of rotatable bonds is 10. The van der Waals surface area contributed by atoms with Gasteiger partial charge < -0.3 is 19.7 Å². The lowest BCUT2D eigenvalue weighted by molar-refractivity contribution is 0.0947. The van der Waals surface area contributed by atoms with Crippen LogP contribution in [0.2, 0.25) is 0 Å². The van der Waals surface area contributed by atoms with E-state index in [9.17, 15) is 4.79 Å². The molecule has 1 amide bonds. The first-order chi connectivity index (χ1) is 12.6. The number of amides is 1. The number of hydrogen-bond acceptors (Lipinski definition) is 5. The van der Waals surface area contributed by atoms with Crippen molar-refractivity contribution in [2.24, 2.45) is 0 Å². The fourth-order valence-electron chi connectivity index (χ4n) is 2.39. The van der Waals surface area contributed by atoms with E-state index >= 15 is 0 Å². The van der Waals surface area contributed by atoms with Crippen molar-refractivity contribution in [1.29, 1.82) is 0 Å². The van der Waals surface area contributed by atoms with E-state index < -0.39 is 0 Å². The monoisotopic (exact) mass is 357 g/mol. The van der Waals surface area contributed by atoms with E-state index in [2.05, 4.69) is 22.1 Å². The molecule has 0 aliphatic heterocycles. The molecule has 2 rings (SSSR count). The summed E-state index contributed by atoms with van der Waals surface area (Å²) in [5, 5.41) is 2.87. The quantitative estimate of drug-likeness (QED) is 0.662. The SMILES string of the molecule is CCCCN(C)c1cc(C(=O)NCCOc2ccc(OC)cc2)ccn1. The molecule has 0 spiro atoms. The summed E-state index contributed by atoms with van der Waals surface area (Å²) < 4.78 is 10.7. The number of unbranched alkanes of at least 4 members (excludes halogenated alkanes) is 1. The van der Waals surface area contributed by atoms with Crippen molar-refractivity contribution in [3.63, 3.8) is 0 Å². The van der Waals surface area contributed by atoms with Gasteiger partial charge in [-0.15, -0.1) is 0 Å². The minimum absolute atomic E-state index is 0.129. The summed E-state index contributed by atoms with van der Waals surface area (Å²) in [5.74, 6) is 2.20. The van der Waals surface area contributed by atoms with Gasteiger partial charge in [0.2, 0.25) is 0 Å². The van der Waals surface area contributed by atoms with Crippen LogP contribution < -0.4 is 19.7 Å². The summed E-state index contributed by atoms with van der Waals surface area (Å²) in [5.41, 5.74) is 0.600. The molecule has 6 heteroatoms. The van der Waals surface area contributed by atoms with Crippen LogP contribution >= 0.6 is 0 Å².